The molecule has 0 amide bonds. The molecular formula is C69H63BN2O2S. The van der Waals surface area contributed by atoms with Crippen molar-refractivity contribution in [1.82, 2.24) is 0 Å². The molecule has 75 heavy (non-hydrogen) atoms. The molecule has 0 fully saturated rings. The third-order valence-corrected chi connectivity index (χ3v) is 17.1. The van der Waals surface area contributed by atoms with Crippen LogP contribution < -0.4 is 35.7 Å². The van der Waals surface area contributed by atoms with Gasteiger partial charge in [0.2, 0.25) is 0 Å². The summed E-state index contributed by atoms with van der Waals surface area (Å²) < 4.78 is 15.0. The first-order chi connectivity index (χ1) is 35.9. The number of ether oxygens (including phenoxy) is 2. The Hall–Kier alpha value is -7.54. The summed E-state index contributed by atoms with van der Waals surface area (Å²) in [4.78, 5) is 5.08. The van der Waals surface area contributed by atoms with Crippen LogP contribution in [-0.2, 0) is 16.2 Å². The van der Waals surface area contributed by atoms with Crippen LogP contribution in [0.1, 0.15) is 84.6 Å². The third-order valence-electron chi connectivity index (χ3n) is 15.9. The SMILES string of the molecule is Cc1cc2c3c(c1)N(c1cc(-c4ccc(C(C)(C)C)cc4)cc(-c4ccc(C(C)(C)C)cc4)c1)c1cc(-c4ccc5c(c4)sc4ccccc45)ccc1B3c1cc(C(C)(C)C)ccc1N2c1ccc2c(c1)OCCO2. The molecule has 0 radical (unpaired) electrons. The zero-order valence-corrected chi connectivity index (χ0v) is 45.7. The number of rotatable bonds is 5. The van der Waals surface area contributed by atoms with E-state index < -0.39 is 0 Å². The van der Waals surface area contributed by atoms with Crippen molar-refractivity contribution in [2.24, 2.45) is 0 Å². The minimum Gasteiger partial charge on any atom is -0.486 e. The lowest BCUT2D eigenvalue weighted by atomic mass is 9.33. The van der Waals surface area contributed by atoms with Crippen LogP contribution in [0.2, 0.25) is 0 Å². The van der Waals surface area contributed by atoms with Crippen LogP contribution in [0.3, 0.4) is 0 Å². The monoisotopic (exact) mass is 994 g/mol. The van der Waals surface area contributed by atoms with Crippen LogP contribution in [0.25, 0.3) is 53.6 Å². The van der Waals surface area contributed by atoms with Crippen molar-refractivity contribution in [3.05, 3.63) is 198 Å². The predicted molar refractivity (Wildman–Crippen MR) is 321 cm³/mol. The molecule has 1 aromatic heterocycles. The first-order valence-corrected chi connectivity index (χ1v) is 27.5. The zero-order valence-electron chi connectivity index (χ0n) is 44.9. The predicted octanol–water partition coefficient (Wildman–Crippen LogP) is 17.1. The van der Waals surface area contributed by atoms with Gasteiger partial charge in [-0.3, -0.25) is 0 Å². The van der Waals surface area contributed by atoms with E-state index in [4.69, 9.17) is 9.47 Å². The molecule has 0 spiro atoms. The molecule has 3 aliphatic rings. The summed E-state index contributed by atoms with van der Waals surface area (Å²) >= 11 is 1.88. The maximum atomic E-state index is 6.29. The van der Waals surface area contributed by atoms with Gasteiger partial charge in [0.25, 0.3) is 6.71 Å². The number of hydrogen-bond acceptors (Lipinski definition) is 5. The van der Waals surface area contributed by atoms with E-state index in [1.54, 1.807) is 0 Å². The van der Waals surface area contributed by atoms with E-state index >= 15 is 0 Å². The lowest BCUT2D eigenvalue weighted by Crippen LogP contribution is -2.61. The standard InChI is InChI=1S/C69H63BN2O2S/c1-42-33-60-66-61(34-42)72(53-36-47(43-15-21-49(22-16-43)67(2,3)4)35-48(37-53)44-17-23-50(24-18-44)68(5,6)7)59-38-45(46-19-27-55-54-13-11-12-14-64(54)75-65(55)39-46)20-28-56(59)70(66)57-40-51(69(8,9)10)25-29-58(57)71(60)52-26-30-62-63(41-52)74-32-31-73-62/h11-30,33-41H,31-32H2,1-10H3. The van der Waals surface area contributed by atoms with Crippen LogP contribution >= 0.6 is 11.3 Å². The quantitative estimate of drug-likeness (QED) is 0.160. The van der Waals surface area contributed by atoms with E-state index in [9.17, 15) is 0 Å². The Bertz CT molecular complexity index is 3850. The van der Waals surface area contributed by atoms with Gasteiger partial charge in [-0.15, -0.1) is 11.3 Å². The minimum absolute atomic E-state index is 0.0396. The topological polar surface area (TPSA) is 24.9 Å². The van der Waals surface area contributed by atoms with Crippen LogP contribution in [0.15, 0.2) is 176 Å². The van der Waals surface area contributed by atoms with Gasteiger partial charge in [0.15, 0.2) is 11.5 Å². The van der Waals surface area contributed by atoms with Gasteiger partial charge in [0.05, 0.1) is 5.69 Å². The number of hydrogen-bond donors (Lipinski definition) is 0. The summed E-state index contributed by atoms with van der Waals surface area (Å²) in [6.45, 7) is 24.0. The molecule has 4 heterocycles. The van der Waals surface area contributed by atoms with E-state index in [1.807, 2.05) is 11.3 Å². The van der Waals surface area contributed by atoms with Gasteiger partial charge < -0.3 is 19.3 Å². The molecule has 10 aromatic rings. The fraction of sp³-hybridized carbons (Fsp3) is 0.217. The van der Waals surface area contributed by atoms with Gasteiger partial charge in [-0.1, -0.05) is 165 Å². The summed E-state index contributed by atoms with van der Waals surface area (Å²) in [5, 5.41) is 2.62. The van der Waals surface area contributed by atoms with Gasteiger partial charge in [-0.05, 0) is 162 Å². The Balaban J connectivity index is 1.09. The Kier molecular flexibility index (Phi) is 10.9. The van der Waals surface area contributed by atoms with E-state index in [0.29, 0.717) is 13.2 Å². The van der Waals surface area contributed by atoms with Crippen molar-refractivity contribution in [3.63, 3.8) is 0 Å². The average molecular weight is 995 g/mol. The molecular weight excluding hydrogens is 932 g/mol. The smallest absolute Gasteiger partial charge is 0.252 e. The van der Waals surface area contributed by atoms with E-state index in [-0.39, 0.29) is 23.0 Å². The second-order valence-corrected chi connectivity index (χ2v) is 25.3. The Labute approximate surface area is 447 Å². The highest BCUT2D eigenvalue weighted by molar-refractivity contribution is 7.25. The first kappa shape index (κ1) is 47.2. The Morgan fingerprint density at radius 1 is 0.400 bits per heavy atom. The second kappa shape index (κ2) is 17.3. The maximum Gasteiger partial charge on any atom is 0.252 e. The van der Waals surface area contributed by atoms with Crippen LogP contribution in [-0.4, -0.2) is 19.9 Å². The fourth-order valence-corrected chi connectivity index (χ4v) is 13.0. The fourth-order valence-electron chi connectivity index (χ4n) is 11.8. The average Bonchev–Trinajstić information content (AvgIpc) is 3.77. The van der Waals surface area contributed by atoms with Crippen LogP contribution in [0, 0.1) is 6.92 Å². The van der Waals surface area contributed by atoms with E-state index in [1.165, 1.54) is 115 Å². The maximum absolute atomic E-state index is 6.29. The van der Waals surface area contributed by atoms with Crippen molar-refractivity contribution in [2.45, 2.75) is 85.5 Å². The number of thiophene rings is 1. The van der Waals surface area contributed by atoms with Gasteiger partial charge in [-0.2, -0.15) is 0 Å². The molecule has 0 N–H and O–H groups in total. The highest BCUT2D eigenvalue weighted by atomic mass is 32.1. The molecule has 3 aliphatic heterocycles. The first-order valence-electron chi connectivity index (χ1n) is 26.7. The van der Waals surface area contributed by atoms with E-state index in [0.717, 1.165) is 22.9 Å². The number of nitrogens with zero attached hydrogens (tertiary/aromatic N) is 2. The molecule has 0 saturated heterocycles. The zero-order chi connectivity index (χ0) is 51.7. The third kappa shape index (κ3) is 8.12. The molecule has 370 valence electrons. The number of fused-ring (bicyclic) bond motifs is 8. The van der Waals surface area contributed by atoms with Crippen molar-refractivity contribution < 1.29 is 9.47 Å². The molecule has 9 aromatic carbocycles. The molecule has 0 aliphatic carbocycles. The van der Waals surface area contributed by atoms with Crippen LogP contribution in [0.4, 0.5) is 34.1 Å². The molecule has 6 heteroatoms. The lowest BCUT2D eigenvalue weighted by Gasteiger charge is -2.45. The van der Waals surface area contributed by atoms with Crippen molar-refractivity contribution in [3.8, 4) is 44.9 Å². The van der Waals surface area contributed by atoms with Gasteiger partial charge >= 0.3 is 0 Å². The highest BCUT2D eigenvalue weighted by Gasteiger charge is 2.44. The Morgan fingerprint density at radius 2 is 0.960 bits per heavy atom. The Morgan fingerprint density at radius 3 is 1.61 bits per heavy atom. The summed E-state index contributed by atoms with van der Waals surface area (Å²) in [5.41, 5.74) is 23.0. The lowest BCUT2D eigenvalue weighted by molar-refractivity contribution is 0.171. The molecule has 0 bridgehead atoms. The van der Waals surface area contributed by atoms with Crippen molar-refractivity contribution in [2.75, 3.05) is 23.0 Å². The normalized spacial score (nSPS) is 14.0. The highest BCUT2D eigenvalue weighted by Crippen LogP contribution is 2.49. The van der Waals surface area contributed by atoms with Gasteiger partial charge in [-0.25, -0.2) is 0 Å². The number of aryl methyl sites for hydroxylation is 1. The largest absolute Gasteiger partial charge is 0.486 e. The summed E-state index contributed by atoms with van der Waals surface area (Å²) in [5.74, 6) is 1.56. The van der Waals surface area contributed by atoms with Crippen LogP contribution in [0.5, 0.6) is 11.5 Å². The van der Waals surface area contributed by atoms with E-state index in [2.05, 4.69) is 255 Å². The molecule has 0 unspecified atom stereocenters. The molecule has 0 atom stereocenters. The number of anilines is 6. The summed E-state index contributed by atoms with van der Waals surface area (Å²) in [7, 11) is 0. The minimum atomic E-state index is -0.0706. The summed E-state index contributed by atoms with van der Waals surface area (Å²) in [6.07, 6.45) is 0. The second-order valence-electron chi connectivity index (χ2n) is 24.2. The molecule has 13 rings (SSSR count). The van der Waals surface area contributed by atoms with Crippen molar-refractivity contribution >= 4 is 88.7 Å². The van der Waals surface area contributed by atoms with Gasteiger partial charge in [0, 0.05) is 54.7 Å². The van der Waals surface area contributed by atoms with Gasteiger partial charge in [0.1, 0.15) is 13.2 Å². The van der Waals surface area contributed by atoms with Crippen molar-refractivity contribution in [1.29, 1.82) is 0 Å². The summed E-state index contributed by atoms with van der Waals surface area (Å²) in [6, 6.07) is 67.4. The molecule has 0 saturated carbocycles. The molecule has 4 nitrogen and oxygen atoms in total. The number of benzene rings is 9.